The van der Waals surface area contributed by atoms with E-state index in [0.717, 1.165) is 25.2 Å². The molecule has 0 aliphatic carbocycles. The molecule has 1 N–H and O–H groups in total. The third-order valence-electron chi connectivity index (χ3n) is 4.83. The lowest BCUT2D eigenvalue weighted by molar-refractivity contribution is 0.182. The fourth-order valence-electron chi connectivity index (χ4n) is 3.43. The number of rotatable bonds is 4. The fourth-order valence-corrected chi connectivity index (χ4v) is 5.99. The normalized spacial score (nSPS) is 17.3. The molecule has 2 aromatic heterocycles. The minimum atomic E-state index is -3.33. The Balaban J connectivity index is 1.46. The SMILES string of the molecule is Cc1[nH]c2ccccc2c1CN1CCN(S(=O)(=O)c2cccs2)CC1. The second kappa shape index (κ2) is 6.57. The number of H-pyrrole nitrogens is 1. The molecule has 1 fully saturated rings. The molecule has 0 atom stereocenters. The maximum absolute atomic E-state index is 12.6. The van der Waals surface area contributed by atoms with Crippen molar-refractivity contribution in [2.24, 2.45) is 0 Å². The number of aromatic amines is 1. The van der Waals surface area contributed by atoms with Gasteiger partial charge in [0.2, 0.25) is 0 Å². The molecule has 3 aromatic rings. The van der Waals surface area contributed by atoms with Crippen LogP contribution in [0.3, 0.4) is 0 Å². The molecule has 1 aromatic carbocycles. The van der Waals surface area contributed by atoms with Gasteiger partial charge in [0.15, 0.2) is 0 Å². The molecule has 5 nitrogen and oxygen atoms in total. The molecule has 0 amide bonds. The molecule has 0 saturated carbocycles. The summed E-state index contributed by atoms with van der Waals surface area (Å²) in [5.41, 5.74) is 3.66. The van der Waals surface area contributed by atoms with Gasteiger partial charge in [0.25, 0.3) is 10.0 Å². The molecule has 1 aliphatic heterocycles. The average molecular weight is 376 g/mol. The van der Waals surface area contributed by atoms with E-state index < -0.39 is 10.0 Å². The standard InChI is InChI=1S/C18H21N3O2S2/c1-14-16(15-5-2-3-6-17(15)19-14)13-20-8-10-21(11-9-20)25(22,23)18-7-4-12-24-18/h2-7,12,19H,8-11,13H2,1H3. The average Bonchev–Trinajstić information content (AvgIpc) is 3.25. The maximum Gasteiger partial charge on any atom is 0.252 e. The van der Waals surface area contributed by atoms with Crippen LogP contribution in [0.25, 0.3) is 10.9 Å². The second-order valence-corrected chi connectivity index (χ2v) is 9.50. The summed E-state index contributed by atoms with van der Waals surface area (Å²) in [5.74, 6) is 0. The Labute approximate surface area is 151 Å². The lowest BCUT2D eigenvalue weighted by atomic mass is 10.1. The van der Waals surface area contributed by atoms with Crippen molar-refractivity contribution in [2.75, 3.05) is 26.2 Å². The first-order valence-corrected chi connectivity index (χ1v) is 10.7. The van der Waals surface area contributed by atoms with Gasteiger partial charge in [-0.2, -0.15) is 4.31 Å². The Morgan fingerprint density at radius 2 is 1.84 bits per heavy atom. The molecule has 0 spiro atoms. The fraction of sp³-hybridized carbons (Fsp3) is 0.333. The van der Waals surface area contributed by atoms with E-state index >= 15 is 0 Å². The highest BCUT2D eigenvalue weighted by Crippen LogP contribution is 2.25. The first kappa shape index (κ1) is 16.8. The molecule has 4 rings (SSSR count). The van der Waals surface area contributed by atoms with Crippen LogP contribution < -0.4 is 0 Å². The van der Waals surface area contributed by atoms with Crippen LogP contribution in [0.15, 0.2) is 46.0 Å². The highest BCUT2D eigenvalue weighted by Gasteiger charge is 2.29. The van der Waals surface area contributed by atoms with Crippen LogP contribution in [0.5, 0.6) is 0 Å². The van der Waals surface area contributed by atoms with Crippen molar-refractivity contribution < 1.29 is 8.42 Å². The van der Waals surface area contributed by atoms with Crippen LogP contribution in [-0.4, -0.2) is 48.8 Å². The number of thiophene rings is 1. The Morgan fingerprint density at radius 3 is 2.56 bits per heavy atom. The number of piperazine rings is 1. The summed E-state index contributed by atoms with van der Waals surface area (Å²) in [6.07, 6.45) is 0. The summed E-state index contributed by atoms with van der Waals surface area (Å²) >= 11 is 1.28. The lowest BCUT2D eigenvalue weighted by Crippen LogP contribution is -2.48. The van der Waals surface area contributed by atoms with Crippen molar-refractivity contribution in [1.29, 1.82) is 0 Å². The zero-order chi connectivity index (χ0) is 17.4. The summed E-state index contributed by atoms with van der Waals surface area (Å²) in [6, 6.07) is 11.8. The molecule has 0 unspecified atom stereocenters. The zero-order valence-corrected chi connectivity index (χ0v) is 15.7. The van der Waals surface area contributed by atoms with E-state index in [0.29, 0.717) is 17.3 Å². The molecule has 132 valence electrons. The zero-order valence-electron chi connectivity index (χ0n) is 14.1. The van der Waals surface area contributed by atoms with E-state index in [2.05, 4.69) is 35.0 Å². The molecule has 25 heavy (non-hydrogen) atoms. The molecule has 3 heterocycles. The molecular weight excluding hydrogens is 354 g/mol. The minimum Gasteiger partial charge on any atom is -0.358 e. The van der Waals surface area contributed by atoms with Gasteiger partial charge in [-0.3, -0.25) is 4.90 Å². The number of hydrogen-bond donors (Lipinski definition) is 1. The number of aromatic nitrogens is 1. The number of hydrogen-bond acceptors (Lipinski definition) is 4. The van der Waals surface area contributed by atoms with E-state index in [1.165, 1.54) is 28.0 Å². The molecular formula is C18H21N3O2S2. The Morgan fingerprint density at radius 1 is 1.08 bits per heavy atom. The topological polar surface area (TPSA) is 56.4 Å². The van der Waals surface area contributed by atoms with Gasteiger partial charge in [0.05, 0.1) is 0 Å². The Kier molecular flexibility index (Phi) is 4.41. The smallest absolute Gasteiger partial charge is 0.252 e. The van der Waals surface area contributed by atoms with Crippen molar-refractivity contribution in [3.63, 3.8) is 0 Å². The molecule has 1 saturated heterocycles. The molecule has 1 aliphatic rings. The van der Waals surface area contributed by atoms with Crippen LogP contribution in [0.4, 0.5) is 0 Å². The first-order valence-electron chi connectivity index (χ1n) is 8.38. The van der Waals surface area contributed by atoms with Gasteiger partial charge in [0, 0.05) is 49.3 Å². The Bertz CT molecular complexity index is 969. The lowest BCUT2D eigenvalue weighted by Gasteiger charge is -2.33. The van der Waals surface area contributed by atoms with Gasteiger partial charge in [-0.05, 0) is 30.0 Å². The quantitative estimate of drug-likeness (QED) is 0.763. The molecule has 0 radical (unpaired) electrons. The van der Waals surface area contributed by atoms with Gasteiger partial charge in [-0.25, -0.2) is 8.42 Å². The first-order chi connectivity index (χ1) is 12.1. The predicted molar refractivity (Wildman–Crippen MR) is 101 cm³/mol. The largest absolute Gasteiger partial charge is 0.358 e. The number of benzene rings is 1. The van der Waals surface area contributed by atoms with E-state index in [1.807, 2.05) is 11.4 Å². The van der Waals surface area contributed by atoms with E-state index in [9.17, 15) is 8.42 Å². The second-order valence-electron chi connectivity index (χ2n) is 6.39. The summed E-state index contributed by atoms with van der Waals surface area (Å²) in [5, 5.41) is 3.07. The van der Waals surface area contributed by atoms with Gasteiger partial charge >= 0.3 is 0 Å². The van der Waals surface area contributed by atoms with Crippen molar-refractivity contribution in [3.05, 3.63) is 53.0 Å². The number of fused-ring (bicyclic) bond motifs is 1. The van der Waals surface area contributed by atoms with Gasteiger partial charge < -0.3 is 4.98 Å². The number of nitrogens with zero attached hydrogens (tertiary/aromatic N) is 2. The van der Waals surface area contributed by atoms with Crippen LogP contribution in [0, 0.1) is 6.92 Å². The highest BCUT2D eigenvalue weighted by molar-refractivity contribution is 7.91. The van der Waals surface area contributed by atoms with Crippen molar-refractivity contribution in [3.8, 4) is 0 Å². The van der Waals surface area contributed by atoms with Crippen LogP contribution in [0.1, 0.15) is 11.3 Å². The van der Waals surface area contributed by atoms with Gasteiger partial charge in [-0.15, -0.1) is 11.3 Å². The summed E-state index contributed by atoms with van der Waals surface area (Å²) < 4.78 is 27.3. The van der Waals surface area contributed by atoms with Crippen molar-refractivity contribution in [2.45, 2.75) is 17.7 Å². The third-order valence-corrected chi connectivity index (χ3v) is 8.10. The minimum absolute atomic E-state index is 0.438. The number of sulfonamides is 1. The maximum atomic E-state index is 12.6. The van der Waals surface area contributed by atoms with Crippen LogP contribution >= 0.6 is 11.3 Å². The van der Waals surface area contributed by atoms with Crippen LogP contribution in [-0.2, 0) is 16.6 Å². The van der Waals surface area contributed by atoms with Crippen molar-refractivity contribution >= 4 is 32.3 Å². The summed E-state index contributed by atoms with van der Waals surface area (Å²) in [6.45, 7) is 5.55. The van der Waals surface area contributed by atoms with E-state index in [4.69, 9.17) is 0 Å². The number of para-hydroxylation sites is 1. The number of nitrogens with one attached hydrogen (secondary N) is 1. The van der Waals surface area contributed by atoms with Crippen LogP contribution in [0.2, 0.25) is 0 Å². The number of aryl methyl sites for hydroxylation is 1. The monoisotopic (exact) mass is 375 g/mol. The van der Waals surface area contributed by atoms with E-state index in [-0.39, 0.29) is 0 Å². The molecule has 0 bridgehead atoms. The van der Waals surface area contributed by atoms with Gasteiger partial charge in [0.1, 0.15) is 4.21 Å². The van der Waals surface area contributed by atoms with E-state index in [1.54, 1.807) is 16.4 Å². The highest BCUT2D eigenvalue weighted by atomic mass is 32.2. The Hall–Kier alpha value is -1.67. The third kappa shape index (κ3) is 3.13. The molecule has 7 heteroatoms. The predicted octanol–water partition coefficient (Wildman–Crippen LogP) is 3.04. The summed E-state index contributed by atoms with van der Waals surface area (Å²) in [7, 11) is -3.33. The van der Waals surface area contributed by atoms with Crippen molar-refractivity contribution in [1.82, 2.24) is 14.2 Å². The van der Waals surface area contributed by atoms with Gasteiger partial charge in [-0.1, -0.05) is 24.3 Å². The summed E-state index contributed by atoms with van der Waals surface area (Å²) in [4.78, 5) is 5.77.